The summed E-state index contributed by atoms with van der Waals surface area (Å²) in [5.74, 6) is 2.62. The lowest BCUT2D eigenvalue weighted by Crippen LogP contribution is -2.45. The molecule has 1 aromatic heterocycles. The van der Waals surface area contributed by atoms with Crippen molar-refractivity contribution in [1.29, 1.82) is 0 Å². The van der Waals surface area contributed by atoms with Crippen LogP contribution in [0.3, 0.4) is 0 Å². The van der Waals surface area contributed by atoms with E-state index in [4.69, 9.17) is 13.9 Å². The number of oxazole rings is 1. The molecule has 0 saturated carbocycles. The van der Waals surface area contributed by atoms with E-state index in [0.29, 0.717) is 31.3 Å². The van der Waals surface area contributed by atoms with Crippen molar-refractivity contribution in [2.75, 3.05) is 31.2 Å². The second-order valence-corrected chi connectivity index (χ2v) is 7.99. The van der Waals surface area contributed by atoms with Crippen molar-refractivity contribution in [3.8, 4) is 11.5 Å². The minimum absolute atomic E-state index is 0.0156. The van der Waals surface area contributed by atoms with Crippen LogP contribution in [0.1, 0.15) is 46.9 Å². The first-order valence-corrected chi connectivity index (χ1v) is 10.3. The highest BCUT2D eigenvalue weighted by Gasteiger charge is 2.29. The maximum atomic E-state index is 12.2. The summed E-state index contributed by atoms with van der Waals surface area (Å²) in [6, 6.07) is 14.8. The normalized spacial score (nSPS) is 16.8. The highest BCUT2D eigenvalue weighted by molar-refractivity contribution is 5.93. The van der Waals surface area contributed by atoms with Crippen molar-refractivity contribution in [2.45, 2.75) is 25.2 Å². The average Bonchev–Trinajstić information content (AvgIpc) is 3.28. The van der Waals surface area contributed by atoms with Gasteiger partial charge in [-0.1, -0.05) is 31.2 Å². The van der Waals surface area contributed by atoms with Gasteiger partial charge in [0, 0.05) is 37.2 Å². The van der Waals surface area contributed by atoms with E-state index in [1.54, 1.807) is 0 Å². The third kappa shape index (κ3) is 3.65. The van der Waals surface area contributed by atoms with Gasteiger partial charge in [-0.25, -0.2) is 4.98 Å². The number of anilines is 1. The van der Waals surface area contributed by atoms with Crippen LogP contribution in [0, 0.1) is 0 Å². The van der Waals surface area contributed by atoms with Crippen molar-refractivity contribution < 1.29 is 18.7 Å². The van der Waals surface area contributed by atoms with Gasteiger partial charge in [0.05, 0.1) is 6.20 Å². The van der Waals surface area contributed by atoms with Gasteiger partial charge in [0.1, 0.15) is 13.2 Å². The fourth-order valence-corrected chi connectivity index (χ4v) is 4.08. The fourth-order valence-electron chi connectivity index (χ4n) is 4.08. The topological polar surface area (TPSA) is 64.8 Å². The summed E-state index contributed by atoms with van der Waals surface area (Å²) in [5.41, 5.74) is 3.67. The molecule has 0 spiro atoms. The number of rotatable bonds is 6. The molecule has 154 valence electrons. The molecule has 0 N–H and O–H groups in total. The van der Waals surface area contributed by atoms with Crippen molar-refractivity contribution in [1.82, 2.24) is 4.98 Å². The fraction of sp³-hybridized carbons (Fsp3) is 0.333. The van der Waals surface area contributed by atoms with Crippen LogP contribution in [0.15, 0.2) is 59.5 Å². The maximum Gasteiger partial charge on any atom is 0.200 e. The van der Waals surface area contributed by atoms with Crippen LogP contribution in [0.25, 0.3) is 0 Å². The van der Waals surface area contributed by atoms with Gasteiger partial charge in [0.15, 0.2) is 29.4 Å². The Bertz CT molecular complexity index is 1020. The molecule has 5 rings (SSSR count). The first kappa shape index (κ1) is 18.7. The van der Waals surface area contributed by atoms with E-state index < -0.39 is 0 Å². The Morgan fingerprint density at radius 1 is 1.10 bits per heavy atom. The van der Waals surface area contributed by atoms with Crippen LogP contribution >= 0.6 is 0 Å². The molecule has 0 bridgehead atoms. The summed E-state index contributed by atoms with van der Waals surface area (Å²) in [7, 11) is 0. The monoisotopic (exact) mass is 404 g/mol. The van der Waals surface area contributed by atoms with E-state index in [1.807, 2.05) is 6.07 Å². The second-order valence-electron chi connectivity index (χ2n) is 7.99. The highest BCUT2D eigenvalue weighted by Crippen LogP contribution is 2.38. The number of ether oxygens (including phenoxy) is 2. The standard InChI is InChI=1S/C24H24N2O4/c1-16(10-21(27)24-12-25-15-30-24)17-2-4-18(5-3-17)19-13-26(14-19)20-6-7-22-23(11-20)29-9-8-28-22/h2-7,11-12,15-16,19H,8-10,13-14H2,1H3/t16-/m1/s1. The molecule has 6 heteroatoms. The third-order valence-corrected chi connectivity index (χ3v) is 5.95. The predicted molar refractivity (Wildman–Crippen MR) is 113 cm³/mol. The Morgan fingerprint density at radius 3 is 2.60 bits per heavy atom. The van der Waals surface area contributed by atoms with E-state index >= 15 is 0 Å². The molecule has 1 fully saturated rings. The number of carbonyl (C=O) groups excluding carboxylic acids is 1. The Morgan fingerprint density at radius 2 is 1.87 bits per heavy atom. The largest absolute Gasteiger partial charge is 0.486 e. The summed E-state index contributed by atoms with van der Waals surface area (Å²) < 4.78 is 16.4. The molecule has 3 heterocycles. The molecule has 2 aliphatic rings. The molecule has 0 amide bonds. The molecule has 0 unspecified atom stereocenters. The van der Waals surface area contributed by atoms with Crippen molar-refractivity contribution >= 4 is 11.5 Å². The quantitative estimate of drug-likeness (QED) is 0.567. The van der Waals surface area contributed by atoms with Gasteiger partial charge in [-0.15, -0.1) is 0 Å². The van der Waals surface area contributed by atoms with Gasteiger partial charge in [-0.05, 0) is 29.2 Å². The van der Waals surface area contributed by atoms with E-state index in [2.05, 4.69) is 53.2 Å². The lowest BCUT2D eigenvalue weighted by Gasteiger charge is -2.41. The summed E-state index contributed by atoms with van der Waals surface area (Å²) >= 11 is 0. The number of fused-ring (bicyclic) bond motifs is 1. The molecular weight excluding hydrogens is 380 g/mol. The Balaban J connectivity index is 1.18. The van der Waals surface area contributed by atoms with Gasteiger partial charge in [-0.2, -0.15) is 0 Å². The number of hydrogen-bond acceptors (Lipinski definition) is 6. The Hall–Kier alpha value is -3.28. The molecule has 3 aromatic rings. The van der Waals surface area contributed by atoms with Crippen LogP contribution in [-0.4, -0.2) is 37.1 Å². The van der Waals surface area contributed by atoms with Gasteiger partial charge >= 0.3 is 0 Å². The summed E-state index contributed by atoms with van der Waals surface area (Å²) in [4.78, 5) is 18.4. The smallest absolute Gasteiger partial charge is 0.200 e. The molecule has 0 aliphatic carbocycles. The van der Waals surface area contributed by atoms with E-state index in [-0.39, 0.29) is 11.7 Å². The number of nitrogens with zero attached hydrogens (tertiary/aromatic N) is 2. The molecule has 0 radical (unpaired) electrons. The first-order valence-electron chi connectivity index (χ1n) is 10.3. The summed E-state index contributed by atoms with van der Waals surface area (Å²) in [6.07, 6.45) is 3.18. The minimum Gasteiger partial charge on any atom is -0.486 e. The molecule has 6 nitrogen and oxygen atoms in total. The molecule has 30 heavy (non-hydrogen) atoms. The SMILES string of the molecule is C[C@H](CC(=O)c1cnco1)c1ccc(C2CN(c3ccc4c(c3)OCCO4)C2)cc1. The van der Waals surface area contributed by atoms with Crippen LogP contribution in [0.5, 0.6) is 11.5 Å². The number of benzene rings is 2. The van der Waals surface area contributed by atoms with Crippen LogP contribution < -0.4 is 14.4 Å². The summed E-state index contributed by atoms with van der Waals surface area (Å²) in [5, 5.41) is 0. The van der Waals surface area contributed by atoms with Gasteiger partial charge in [0.2, 0.25) is 0 Å². The third-order valence-electron chi connectivity index (χ3n) is 5.95. The number of hydrogen-bond donors (Lipinski definition) is 0. The van der Waals surface area contributed by atoms with Crippen LogP contribution in [0.2, 0.25) is 0 Å². The van der Waals surface area contributed by atoms with Crippen molar-refractivity contribution in [3.05, 3.63) is 71.9 Å². The van der Waals surface area contributed by atoms with E-state index in [9.17, 15) is 4.79 Å². The zero-order valence-corrected chi connectivity index (χ0v) is 16.9. The summed E-state index contributed by atoms with van der Waals surface area (Å²) in [6.45, 7) is 5.25. The molecule has 2 aromatic carbocycles. The molecule has 2 aliphatic heterocycles. The van der Waals surface area contributed by atoms with Crippen LogP contribution in [0.4, 0.5) is 5.69 Å². The highest BCUT2D eigenvalue weighted by atomic mass is 16.6. The lowest BCUT2D eigenvalue weighted by atomic mass is 9.88. The lowest BCUT2D eigenvalue weighted by molar-refractivity contribution is 0.0948. The molecular formula is C24H24N2O4. The first-order chi connectivity index (χ1) is 14.7. The Kier molecular flexibility index (Phi) is 4.91. The molecule has 1 atom stereocenters. The Labute approximate surface area is 175 Å². The average molecular weight is 404 g/mol. The van der Waals surface area contributed by atoms with Crippen LogP contribution in [-0.2, 0) is 0 Å². The number of ketones is 1. The maximum absolute atomic E-state index is 12.2. The molecule has 1 saturated heterocycles. The van der Waals surface area contributed by atoms with E-state index in [1.165, 1.54) is 23.8 Å². The zero-order chi connectivity index (χ0) is 20.5. The van der Waals surface area contributed by atoms with Gasteiger partial charge in [-0.3, -0.25) is 4.79 Å². The van der Waals surface area contributed by atoms with Crippen molar-refractivity contribution in [3.63, 3.8) is 0 Å². The number of Topliss-reactive ketones (excluding diaryl/α,β-unsaturated/α-hetero) is 1. The second kappa shape index (κ2) is 7.86. The van der Waals surface area contributed by atoms with Crippen molar-refractivity contribution in [2.24, 2.45) is 0 Å². The van der Waals surface area contributed by atoms with Gasteiger partial charge in [0.25, 0.3) is 0 Å². The minimum atomic E-state index is -0.0156. The predicted octanol–water partition coefficient (Wildman–Crippen LogP) is 4.43. The zero-order valence-electron chi connectivity index (χ0n) is 16.9. The number of aromatic nitrogens is 1. The van der Waals surface area contributed by atoms with Gasteiger partial charge < -0.3 is 18.8 Å². The van der Waals surface area contributed by atoms with E-state index in [0.717, 1.165) is 30.2 Å². The number of carbonyl (C=O) groups is 1.